The van der Waals surface area contributed by atoms with Gasteiger partial charge in [0.2, 0.25) is 0 Å². The summed E-state index contributed by atoms with van der Waals surface area (Å²) in [4.78, 5) is 0. The molecule has 0 atom stereocenters. The van der Waals surface area contributed by atoms with Gasteiger partial charge in [-0.1, -0.05) is 23.4 Å². The lowest BCUT2D eigenvalue weighted by atomic mass is 10.1. The Labute approximate surface area is 82.3 Å². The van der Waals surface area contributed by atoms with Gasteiger partial charge in [-0.25, -0.2) is 0 Å². The van der Waals surface area contributed by atoms with Gasteiger partial charge in [0.15, 0.2) is 0 Å². The summed E-state index contributed by atoms with van der Waals surface area (Å²) >= 11 is 5.85. The molecule has 13 heavy (non-hydrogen) atoms. The topological polar surface area (TPSA) is 46.2 Å². The first-order valence-corrected chi connectivity index (χ1v) is 4.24. The predicted molar refractivity (Wildman–Crippen MR) is 53.3 cm³/mol. The third-order valence-corrected chi connectivity index (χ3v) is 1.95. The second-order valence-corrected chi connectivity index (χ2v) is 2.88. The van der Waals surface area contributed by atoms with E-state index in [4.69, 9.17) is 22.4 Å². The van der Waals surface area contributed by atoms with Crippen LogP contribution in [0.1, 0.15) is 11.1 Å². The van der Waals surface area contributed by atoms with Crippen molar-refractivity contribution >= 4 is 11.6 Å². The maximum Gasteiger partial charge on any atom is 0.104 e. The number of hydrogen-bond donors (Lipinski definition) is 2. The number of hydrogen-bond acceptors (Lipinski definition) is 2. The smallest absolute Gasteiger partial charge is 0.104 e. The van der Waals surface area contributed by atoms with Crippen molar-refractivity contribution in [2.24, 2.45) is 5.73 Å². The van der Waals surface area contributed by atoms with Crippen LogP contribution in [0.4, 0.5) is 0 Å². The number of aliphatic hydroxyl groups is 1. The van der Waals surface area contributed by atoms with E-state index >= 15 is 0 Å². The summed E-state index contributed by atoms with van der Waals surface area (Å²) in [6, 6.07) is 5.38. The molecule has 0 spiro atoms. The molecule has 2 nitrogen and oxygen atoms in total. The quantitative estimate of drug-likeness (QED) is 0.661. The molecule has 0 saturated heterocycles. The van der Waals surface area contributed by atoms with Crippen molar-refractivity contribution in [3.8, 4) is 11.8 Å². The minimum atomic E-state index is -0.138. The number of nitrogens with two attached hydrogens (primary N) is 1. The van der Waals surface area contributed by atoms with Crippen LogP contribution in [0.3, 0.4) is 0 Å². The molecular formula is C10H10ClNO. The van der Waals surface area contributed by atoms with Crippen LogP contribution < -0.4 is 5.73 Å². The fourth-order valence-corrected chi connectivity index (χ4v) is 1.15. The summed E-state index contributed by atoms with van der Waals surface area (Å²) in [6.07, 6.45) is 0. The molecule has 0 saturated carbocycles. The highest BCUT2D eigenvalue weighted by Crippen LogP contribution is 2.16. The van der Waals surface area contributed by atoms with E-state index in [1.54, 1.807) is 12.1 Å². The van der Waals surface area contributed by atoms with Crippen molar-refractivity contribution in [1.82, 2.24) is 0 Å². The molecule has 0 aliphatic heterocycles. The van der Waals surface area contributed by atoms with Gasteiger partial charge in [-0.05, 0) is 23.8 Å². The maximum atomic E-state index is 8.48. The Hall–Kier alpha value is -1.01. The van der Waals surface area contributed by atoms with Crippen LogP contribution >= 0.6 is 11.6 Å². The van der Waals surface area contributed by atoms with Crippen molar-refractivity contribution in [1.29, 1.82) is 0 Å². The first-order chi connectivity index (χ1) is 6.27. The van der Waals surface area contributed by atoms with Crippen molar-refractivity contribution < 1.29 is 5.11 Å². The molecule has 0 aliphatic carbocycles. The first-order valence-electron chi connectivity index (χ1n) is 3.86. The molecule has 0 unspecified atom stereocenters. The molecule has 3 heteroatoms. The Kier molecular flexibility index (Phi) is 3.78. The average Bonchev–Trinajstić information content (AvgIpc) is 2.16. The average molecular weight is 196 g/mol. The Balaban J connectivity index is 2.99. The summed E-state index contributed by atoms with van der Waals surface area (Å²) < 4.78 is 0. The number of aliphatic hydroxyl groups excluding tert-OH is 1. The minimum absolute atomic E-state index is 0.138. The second-order valence-electron chi connectivity index (χ2n) is 2.47. The molecule has 0 radical (unpaired) electrons. The van der Waals surface area contributed by atoms with E-state index in [9.17, 15) is 0 Å². The third kappa shape index (κ3) is 2.74. The van der Waals surface area contributed by atoms with Gasteiger partial charge in [-0.2, -0.15) is 0 Å². The highest BCUT2D eigenvalue weighted by Gasteiger charge is 1.97. The number of rotatable bonds is 1. The van der Waals surface area contributed by atoms with Crippen LogP contribution in [-0.4, -0.2) is 11.7 Å². The molecule has 0 aromatic heterocycles. The zero-order valence-electron chi connectivity index (χ0n) is 7.05. The van der Waals surface area contributed by atoms with E-state index in [-0.39, 0.29) is 6.61 Å². The lowest BCUT2D eigenvalue weighted by Crippen LogP contribution is -1.97. The molecule has 3 N–H and O–H groups in total. The van der Waals surface area contributed by atoms with Gasteiger partial charge < -0.3 is 10.8 Å². The van der Waals surface area contributed by atoms with Gasteiger partial charge >= 0.3 is 0 Å². The second kappa shape index (κ2) is 4.88. The van der Waals surface area contributed by atoms with Gasteiger partial charge in [0.25, 0.3) is 0 Å². The van der Waals surface area contributed by atoms with Gasteiger partial charge in [0, 0.05) is 17.1 Å². The van der Waals surface area contributed by atoms with Crippen LogP contribution in [0.15, 0.2) is 18.2 Å². The molecule has 0 amide bonds. The molecule has 0 heterocycles. The minimum Gasteiger partial charge on any atom is -0.384 e. The SMILES string of the molecule is NCc1cc(C#CCO)ccc1Cl. The molecular weight excluding hydrogens is 186 g/mol. The molecule has 0 aliphatic rings. The highest BCUT2D eigenvalue weighted by molar-refractivity contribution is 6.31. The van der Waals surface area contributed by atoms with E-state index in [2.05, 4.69) is 11.8 Å². The third-order valence-electron chi connectivity index (χ3n) is 1.58. The van der Waals surface area contributed by atoms with Crippen LogP contribution in [-0.2, 0) is 6.54 Å². The predicted octanol–water partition coefficient (Wildman–Crippen LogP) is 1.14. The molecule has 68 valence electrons. The van der Waals surface area contributed by atoms with E-state index in [0.29, 0.717) is 11.6 Å². The van der Waals surface area contributed by atoms with E-state index < -0.39 is 0 Å². The summed E-state index contributed by atoms with van der Waals surface area (Å²) in [7, 11) is 0. The largest absolute Gasteiger partial charge is 0.384 e. The van der Waals surface area contributed by atoms with Crippen molar-refractivity contribution in [3.05, 3.63) is 34.3 Å². The van der Waals surface area contributed by atoms with Crippen LogP contribution in [0.5, 0.6) is 0 Å². The van der Waals surface area contributed by atoms with Gasteiger partial charge in [-0.3, -0.25) is 0 Å². The van der Waals surface area contributed by atoms with Crippen LogP contribution in [0.2, 0.25) is 5.02 Å². The fourth-order valence-electron chi connectivity index (χ4n) is 0.951. The number of benzene rings is 1. The van der Waals surface area contributed by atoms with Crippen molar-refractivity contribution in [2.45, 2.75) is 6.54 Å². The summed E-state index contributed by atoms with van der Waals surface area (Å²) in [5.74, 6) is 5.34. The fraction of sp³-hybridized carbons (Fsp3) is 0.200. The van der Waals surface area contributed by atoms with Crippen molar-refractivity contribution in [2.75, 3.05) is 6.61 Å². The molecule has 1 aromatic carbocycles. The Morgan fingerprint density at radius 1 is 1.46 bits per heavy atom. The van der Waals surface area contributed by atoms with Crippen LogP contribution in [0.25, 0.3) is 0 Å². The molecule has 1 rings (SSSR count). The van der Waals surface area contributed by atoms with Crippen LogP contribution in [0, 0.1) is 11.8 Å². The monoisotopic (exact) mass is 195 g/mol. The zero-order valence-corrected chi connectivity index (χ0v) is 7.80. The van der Waals surface area contributed by atoms with Gasteiger partial charge in [0.1, 0.15) is 6.61 Å². The first kappa shape index (κ1) is 10.1. The maximum absolute atomic E-state index is 8.48. The molecule has 0 fully saturated rings. The summed E-state index contributed by atoms with van der Waals surface area (Å²) in [5.41, 5.74) is 7.15. The standard InChI is InChI=1S/C10H10ClNO/c11-10-4-3-8(2-1-5-13)6-9(10)7-12/h3-4,6,13H,5,7,12H2. The number of halogens is 1. The van der Waals surface area contributed by atoms with Crippen molar-refractivity contribution in [3.63, 3.8) is 0 Å². The Morgan fingerprint density at radius 2 is 2.23 bits per heavy atom. The Morgan fingerprint density at radius 3 is 2.85 bits per heavy atom. The Bertz CT molecular complexity index is 352. The summed E-state index contributed by atoms with van der Waals surface area (Å²) in [6.45, 7) is 0.258. The lowest BCUT2D eigenvalue weighted by molar-refractivity contribution is 0.350. The van der Waals surface area contributed by atoms with E-state index in [0.717, 1.165) is 11.1 Å². The molecule has 1 aromatic rings. The lowest BCUT2D eigenvalue weighted by Gasteiger charge is -2.00. The summed E-state index contributed by atoms with van der Waals surface area (Å²) in [5, 5.41) is 9.13. The normalized spacial score (nSPS) is 9.15. The zero-order chi connectivity index (χ0) is 9.68. The van der Waals surface area contributed by atoms with Gasteiger partial charge in [0.05, 0.1) is 0 Å². The highest BCUT2D eigenvalue weighted by atomic mass is 35.5. The van der Waals surface area contributed by atoms with E-state index in [1.807, 2.05) is 6.07 Å². The molecule has 0 bridgehead atoms. The van der Waals surface area contributed by atoms with E-state index in [1.165, 1.54) is 0 Å². The van der Waals surface area contributed by atoms with Gasteiger partial charge in [-0.15, -0.1) is 0 Å².